The van der Waals surface area contributed by atoms with Crippen LogP contribution in [0.3, 0.4) is 0 Å². The van der Waals surface area contributed by atoms with E-state index in [1.807, 2.05) is 7.05 Å². The number of nitrogens with zero attached hydrogens (tertiary/aromatic N) is 1. The van der Waals surface area contributed by atoms with E-state index in [-0.39, 0.29) is 5.91 Å². The van der Waals surface area contributed by atoms with Crippen molar-refractivity contribution < 1.29 is 4.79 Å². The summed E-state index contributed by atoms with van der Waals surface area (Å²) >= 11 is 0. The summed E-state index contributed by atoms with van der Waals surface area (Å²) in [5, 5.41) is 0. The minimum Gasteiger partial charge on any atom is -0.399 e. The zero-order valence-electron chi connectivity index (χ0n) is 11.6. The summed E-state index contributed by atoms with van der Waals surface area (Å²) in [4.78, 5) is 14.0. The van der Waals surface area contributed by atoms with Crippen molar-refractivity contribution in [1.29, 1.82) is 0 Å². The molecule has 0 fully saturated rings. The van der Waals surface area contributed by atoms with Crippen LogP contribution in [0.1, 0.15) is 42.5 Å². The molecule has 0 aliphatic heterocycles. The molecule has 0 unspecified atom stereocenters. The third-order valence-corrected chi connectivity index (χ3v) is 3.66. The van der Waals surface area contributed by atoms with Gasteiger partial charge < -0.3 is 10.6 Å². The van der Waals surface area contributed by atoms with Gasteiger partial charge in [-0.05, 0) is 56.4 Å². The summed E-state index contributed by atoms with van der Waals surface area (Å²) < 4.78 is 0. The minimum atomic E-state index is 0.0661. The van der Waals surface area contributed by atoms with Gasteiger partial charge in [0.25, 0.3) is 5.91 Å². The van der Waals surface area contributed by atoms with Crippen LogP contribution in [0.5, 0.6) is 0 Å². The van der Waals surface area contributed by atoms with E-state index in [1.165, 1.54) is 31.3 Å². The lowest BCUT2D eigenvalue weighted by molar-refractivity contribution is 0.0796. The molecule has 0 saturated carbocycles. The molecule has 0 aromatic heterocycles. The van der Waals surface area contributed by atoms with Crippen LogP contribution in [0, 0.1) is 0 Å². The van der Waals surface area contributed by atoms with E-state index in [0.717, 1.165) is 13.0 Å². The predicted octanol–water partition coefficient (Wildman–Crippen LogP) is 3.23. The topological polar surface area (TPSA) is 46.3 Å². The molecule has 0 spiro atoms. The number of amides is 1. The number of carbonyl (C=O) groups excluding carboxylic acids is 1. The molecule has 0 radical (unpaired) electrons. The first kappa shape index (κ1) is 13.7. The van der Waals surface area contributed by atoms with Crippen molar-refractivity contribution in [3.05, 3.63) is 41.5 Å². The molecule has 1 aliphatic rings. The maximum absolute atomic E-state index is 12.2. The lowest BCUT2D eigenvalue weighted by atomic mass is 9.97. The van der Waals surface area contributed by atoms with Gasteiger partial charge in [-0.2, -0.15) is 0 Å². The molecule has 0 saturated heterocycles. The Balaban J connectivity index is 1.88. The molecule has 1 aromatic rings. The molecule has 2 N–H and O–H groups in total. The van der Waals surface area contributed by atoms with E-state index in [4.69, 9.17) is 5.73 Å². The Hall–Kier alpha value is -1.77. The number of rotatable bonds is 4. The highest BCUT2D eigenvalue weighted by Gasteiger charge is 2.12. The van der Waals surface area contributed by atoms with Gasteiger partial charge in [0.2, 0.25) is 0 Å². The molecule has 1 aromatic carbocycles. The quantitative estimate of drug-likeness (QED) is 0.665. The van der Waals surface area contributed by atoms with Gasteiger partial charge in [-0.25, -0.2) is 0 Å². The number of hydrogen-bond acceptors (Lipinski definition) is 2. The van der Waals surface area contributed by atoms with Crippen molar-refractivity contribution in [2.24, 2.45) is 0 Å². The molecule has 2 rings (SSSR count). The monoisotopic (exact) mass is 258 g/mol. The van der Waals surface area contributed by atoms with Crippen molar-refractivity contribution >= 4 is 11.6 Å². The molecule has 0 atom stereocenters. The Morgan fingerprint density at radius 1 is 1.26 bits per heavy atom. The van der Waals surface area contributed by atoms with Gasteiger partial charge in [0, 0.05) is 24.8 Å². The van der Waals surface area contributed by atoms with Crippen molar-refractivity contribution in [3.8, 4) is 0 Å². The van der Waals surface area contributed by atoms with Gasteiger partial charge in [-0.1, -0.05) is 11.6 Å². The summed E-state index contributed by atoms with van der Waals surface area (Å²) in [7, 11) is 1.86. The smallest absolute Gasteiger partial charge is 0.253 e. The van der Waals surface area contributed by atoms with Crippen molar-refractivity contribution in [1.82, 2.24) is 4.90 Å². The van der Waals surface area contributed by atoms with Gasteiger partial charge in [-0.15, -0.1) is 0 Å². The third-order valence-electron chi connectivity index (χ3n) is 3.66. The second-order valence-corrected chi connectivity index (χ2v) is 5.21. The fraction of sp³-hybridized carbons (Fsp3) is 0.438. The zero-order valence-corrected chi connectivity index (χ0v) is 11.6. The Bertz CT molecular complexity index is 462. The van der Waals surface area contributed by atoms with Crippen LogP contribution in [0.2, 0.25) is 0 Å². The molecule has 3 nitrogen and oxygen atoms in total. The van der Waals surface area contributed by atoms with Gasteiger partial charge in [0.1, 0.15) is 0 Å². The summed E-state index contributed by atoms with van der Waals surface area (Å²) in [6.45, 7) is 0.787. The maximum Gasteiger partial charge on any atom is 0.253 e. The summed E-state index contributed by atoms with van der Waals surface area (Å²) in [5.41, 5.74) is 8.52. The second-order valence-electron chi connectivity index (χ2n) is 5.21. The Morgan fingerprint density at radius 2 is 2.00 bits per heavy atom. The largest absolute Gasteiger partial charge is 0.399 e. The highest BCUT2D eigenvalue weighted by Crippen LogP contribution is 2.20. The zero-order chi connectivity index (χ0) is 13.7. The van der Waals surface area contributed by atoms with Crippen LogP contribution in [-0.4, -0.2) is 24.4 Å². The molecule has 0 bridgehead atoms. The van der Waals surface area contributed by atoms with E-state index < -0.39 is 0 Å². The number of carbonyl (C=O) groups is 1. The van der Waals surface area contributed by atoms with Crippen LogP contribution in [0.15, 0.2) is 35.9 Å². The normalized spacial score (nSPS) is 14.9. The molecular weight excluding hydrogens is 236 g/mol. The van der Waals surface area contributed by atoms with Crippen LogP contribution in [0.4, 0.5) is 5.69 Å². The van der Waals surface area contributed by atoms with E-state index in [9.17, 15) is 4.79 Å². The van der Waals surface area contributed by atoms with Gasteiger partial charge in [-0.3, -0.25) is 4.79 Å². The number of benzene rings is 1. The standard InChI is InChI=1S/C16H22N2O/c1-18(12-11-13-5-3-2-4-6-13)16(19)14-7-9-15(17)10-8-14/h5,7-10H,2-4,6,11-12,17H2,1H3. The summed E-state index contributed by atoms with van der Waals surface area (Å²) in [5.74, 6) is 0.0661. The number of nitrogen functional groups attached to an aromatic ring is 1. The number of nitrogens with two attached hydrogens (primary N) is 1. The lowest BCUT2D eigenvalue weighted by Crippen LogP contribution is -2.28. The second kappa shape index (κ2) is 6.41. The van der Waals surface area contributed by atoms with E-state index >= 15 is 0 Å². The molecule has 19 heavy (non-hydrogen) atoms. The van der Waals surface area contributed by atoms with Crippen LogP contribution in [0.25, 0.3) is 0 Å². The number of hydrogen-bond donors (Lipinski definition) is 1. The van der Waals surface area contributed by atoms with Gasteiger partial charge in [0.05, 0.1) is 0 Å². The first-order chi connectivity index (χ1) is 9.16. The average molecular weight is 258 g/mol. The molecule has 0 heterocycles. The fourth-order valence-electron chi connectivity index (χ4n) is 2.39. The maximum atomic E-state index is 12.2. The van der Waals surface area contributed by atoms with Crippen molar-refractivity contribution in [2.45, 2.75) is 32.1 Å². The third kappa shape index (κ3) is 3.85. The SMILES string of the molecule is CN(CCC1=CCCCC1)C(=O)c1ccc(N)cc1. The summed E-state index contributed by atoms with van der Waals surface area (Å²) in [6.07, 6.45) is 8.34. The average Bonchev–Trinajstić information content (AvgIpc) is 2.46. The lowest BCUT2D eigenvalue weighted by Gasteiger charge is -2.19. The van der Waals surface area contributed by atoms with Crippen molar-refractivity contribution in [3.63, 3.8) is 0 Å². The fourth-order valence-corrected chi connectivity index (χ4v) is 2.39. The van der Waals surface area contributed by atoms with Crippen LogP contribution in [-0.2, 0) is 0 Å². The Morgan fingerprint density at radius 3 is 2.63 bits per heavy atom. The minimum absolute atomic E-state index is 0.0661. The van der Waals surface area contributed by atoms with Crippen LogP contribution < -0.4 is 5.73 Å². The van der Waals surface area contributed by atoms with Crippen molar-refractivity contribution in [2.75, 3.05) is 19.3 Å². The first-order valence-electron chi connectivity index (χ1n) is 6.96. The van der Waals surface area contributed by atoms with Gasteiger partial charge in [0.15, 0.2) is 0 Å². The molecule has 3 heteroatoms. The molecule has 1 amide bonds. The molecule has 1 aliphatic carbocycles. The first-order valence-corrected chi connectivity index (χ1v) is 6.96. The van der Waals surface area contributed by atoms with Crippen LogP contribution >= 0.6 is 0 Å². The Labute approximate surface area is 115 Å². The van der Waals surface area contributed by atoms with E-state index in [0.29, 0.717) is 11.3 Å². The van der Waals surface area contributed by atoms with E-state index in [1.54, 1.807) is 29.2 Å². The Kier molecular flexibility index (Phi) is 4.61. The highest BCUT2D eigenvalue weighted by atomic mass is 16.2. The number of anilines is 1. The van der Waals surface area contributed by atoms with E-state index in [2.05, 4.69) is 6.08 Å². The molecular formula is C16H22N2O. The molecule has 102 valence electrons. The highest BCUT2D eigenvalue weighted by molar-refractivity contribution is 5.94. The number of allylic oxidation sites excluding steroid dienone is 1. The summed E-state index contributed by atoms with van der Waals surface area (Å²) in [6, 6.07) is 7.11. The van der Waals surface area contributed by atoms with Gasteiger partial charge >= 0.3 is 0 Å². The predicted molar refractivity (Wildman–Crippen MR) is 79.0 cm³/mol.